The highest BCUT2D eigenvalue weighted by Gasteiger charge is 2.44. The van der Waals surface area contributed by atoms with Crippen molar-refractivity contribution in [2.75, 3.05) is 42.5 Å². The van der Waals surface area contributed by atoms with Crippen LogP contribution in [0.15, 0.2) is 35.3 Å². The number of anilines is 2. The first-order valence-corrected chi connectivity index (χ1v) is 9.56. The van der Waals surface area contributed by atoms with E-state index in [2.05, 4.69) is 4.74 Å². The molecule has 1 aromatic heterocycles. The number of nitrogens with two attached hydrogens (primary N) is 2. The van der Waals surface area contributed by atoms with Crippen LogP contribution in [-0.4, -0.2) is 48.3 Å². The number of hydrogen-bond acceptors (Lipinski definition) is 8. The number of carboxylic acid groups (broad SMARTS) is 1. The number of fused-ring (bicyclic) bond motifs is 1. The van der Waals surface area contributed by atoms with E-state index >= 15 is 4.39 Å². The van der Waals surface area contributed by atoms with Crippen molar-refractivity contribution in [3.05, 3.63) is 46.5 Å². The van der Waals surface area contributed by atoms with Gasteiger partial charge in [-0.1, -0.05) is 24.3 Å². The summed E-state index contributed by atoms with van der Waals surface area (Å²) in [6, 6.07) is 0. The molecule has 162 valence electrons. The fourth-order valence-electron chi connectivity index (χ4n) is 4.51. The van der Waals surface area contributed by atoms with Crippen LogP contribution in [0.4, 0.5) is 20.6 Å². The number of hydrogen-bond donors (Lipinski definition) is 3. The van der Waals surface area contributed by atoms with Gasteiger partial charge < -0.3 is 30.9 Å². The summed E-state index contributed by atoms with van der Waals surface area (Å²) in [4.78, 5) is 25.7. The number of benzene rings is 1. The Hall–Kier alpha value is -3.73. The van der Waals surface area contributed by atoms with Gasteiger partial charge in [0.05, 0.1) is 22.8 Å². The lowest BCUT2D eigenvalue weighted by Crippen LogP contribution is -2.46. The number of pyridine rings is 1. The zero-order valence-electron chi connectivity index (χ0n) is 16.5. The summed E-state index contributed by atoms with van der Waals surface area (Å²) >= 11 is 0. The van der Waals surface area contributed by atoms with Gasteiger partial charge in [-0.25, -0.2) is 9.18 Å². The zero-order chi connectivity index (χ0) is 22.1. The van der Waals surface area contributed by atoms with Gasteiger partial charge in [-0.3, -0.25) is 14.5 Å². The Morgan fingerprint density at radius 3 is 2.90 bits per heavy atom. The summed E-state index contributed by atoms with van der Waals surface area (Å²) in [5.74, 6) is -1.19. The molecule has 1 fully saturated rings. The minimum absolute atomic E-state index is 0.0265. The van der Waals surface area contributed by atoms with E-state index in [0.717, 1.165) is 0 Å². The van der Waals surface area contributed by atoms with E-state index in [4.69, 9.17) is 21.3 Å². The molecule has 10 nitrogen and oxygen atoms in total. The van der Waals surface area contributed by atoms with Gasteiger partial charge in [0, 0.05) is 26.1 Å². The fourth-order valence-corrected chi connectivity index (χ4v) is 4.51. The molecule has 5 N–H and O–H groups in total. The first-order valence-electron chi connectivity index (χ1n) is 9.56. The predicted octanol–water partition coefficient (Wildman–Crippen LogP) is 0.957. The highest BCUT2D eigenvalue weighted by molar-refractivity contribution is 6.01. The van der Waals surface area contributed by atoms with Crippen LogP contribution >= 0.6 is 0 Å². The number of rotatable bonds is 2. The molecule has 11 heteroatoms. The van der Waals surface area contributed by atoms with Crippen molar-refractivity contribution in [1.82, 2.24) is 4.68 Å². The standard InChI is InChI=1S/C20H20FN5O5/c1-24-9-30-18-15-12(17(27)11(7-26(15)24)31-19(28)29)14(22)13(21)16(18)25-6-10-4-2-3-5-20(10,23)8-25/h2-5,7,10H,6,8-9,22-23H2,1H3,(H,28,29). The minimum Gasteiger partial charge on any atom is -0.467 e. The molecular weight excluding hydrogens is 409 g/mol. The van der Waals surface area contributed by atoms with Crippen molar-refractivity contribution in [1.29, 1.82) is 0 Å². The van der Waals surface area contributed by atoms with Crippen molar-refractivity contribution >= 4 is 28.4 Å². The Bertz CT molecular complexity index is 1260. The van der Waals surface area contributed by atoms with Crippen molar-refractivity contribution in [3.8, 4) is 11.5 Å². The third-order valence-corrected chi connectivity index (χ3v) is 6.01. The van der Waals surface area contributed by atoms with Gasteiger partial charge in [-0.2, -0.15) is 0 Å². The van der Waals surface area contributed by atoms with E-state index in [1.807, 2.05) is 24.3 Å². The molecule has 31 heavy (non-hydrogen) atoms. The van der Waals surface area contributed by atoms with Gasteiger partial charge in [-0.05, 0) is 0 Å². The van der Waals surface area contributed by atoms with E-state index in [-0.39, 0.29) is 35.0 Å². The van der Waals surface area contributed by atoms with E-state index in [1.54, 1.807) is 17.0 Å². The Morgan fingerprint density at radius 1 is 1.42 bits per heavy atom. The molecule has 5 rings (SSSR count). The van der Waals surface area contributed by atoms with Crippen LogP contribution in [-0.2, 0) is 0 Å². The number of aromatic nitrogens is 1. The lowest BCUT2D eigenvalue weighted by molar-refractivity contribution is 0.143. The molecule has 0 amide bonds. The van der Waals surface area contributed by atoms with Crippen LogP contribution in [0.3, 0.4) is 0 Å². The van der Waals surface area contributed by atoms with Gasteiger partial charge in [0.2, 0.25) is 11.2 Å². The average Bonchev–Trinajstić information content (AvgIpc) is 3.06. The molecule has 3 aliphatic rings. The molecule has 2 atom stereocenters. The third-order valence-electron chi connectivity index (χ3n) is 6.01. The Morgan fingerprint density at radius 2 is 2.19 bits per heavy atom. The van der Waals surface area contributed by atoms with Crippen LogP contribution in [0, 0.1) is 11.7 Å². The van der Waals surface area contributed by atoms with Gasteiger partial charge in [0.1, 0.15) is 11.2 Å². The first kappa shape index (κ1) is 19.2. The van der Waals surface area contributed by atoms with E-state index in [9.17, 15) is 9.59 Å². The van der Waals surface area contributed by atoms with Gasteiger partial charge >= 0.3 is 6.16 Å². The highest BCUT2D eigenvalue weighted by atomic mass is 19.1. The van der Waals surface area contributed by atoms with E-state index in [0.29, 0.717) is 13.1 Å². The maximum absolute atomic E-state index is 15.6. The Labute approximate surface area is 175 Å². The third kappa shape index (κ3) is 2.66. The lowest BCUT2D eigenvalue weighted by Gasteiger charge is -2.34. The number of nitrogen functional groups attached to an aromatic ring is 1. The second-order valence-electron chi connectivity index (χ2n) is 7.94. The molecule has 1 saturated heterocycles. The van der Waals surface area contributed by atoms with Crippen LogP contribution in [0.1, 0.15) is 0 Å². The monoisotopic (exact) mass is 429 g/mol. The summed E-state index contributed by atoms with van der Waals surface area (Å²) in [6.07, 6.45) is 7.21. The fraction of sp³-hybridized carbons (Fsp3) is 0.300. The smallest absolute Gasteiger partial charge is 0.467 e. The number of halogens is 1. The maximum Gasteiger partial charge on any atom is 0.511 e. The second kappa shape index (κ2) is 6.38. The molecule has 2 unspecified atom stereocenters. The highest BCUT2D eigenvalue weighted by Crippen LogP contribution is 2.46. The summed E-state index contributed by atoms with van der Waals surface area (Å²) in [7, 11) is 1.66. The topological polar surface area (TPSA) is 136 Å². The average molecular weight is 429 g/mol. The van der Waals surface area contributed by atoms with Crippen LogP contribution in [0.5, 0.6) is 11.5 Å². The summed E-state index contributed by atoms with van der Waals surface area (Å²) in [6.45, 7) is 0.797. The largest absolute Gasteiger partial charge is 0.511 e. The van der Waals surface area contributed by atoms with Crippen LogP contribution < -0.4 is 36.3 Å². The molecule has 0 bridgehead atoms. The van der Waals surface area contributed by atoms with Crippen LogP contribution in [0.2, 0.25) is 0 Å². The molecule has 0 saturated carbocycles. The molecule has 3 heterocycles. The molecule has 0 radical (unpaired) electrons. The summed E-state index contributed by atoms with van der Waals surface area (Å²) < 4.78 is 27.5. The molecule has 1 aliphatic carbocycles. The van der Waals surface area contributed by atoms with Crippen molar-refractivity contribution in [3.63, 3.8) is 0 Å². The van der Waals surface area contributed by atoms with E-state index < -0.39 is 34.4 Å². The first-order chi connectivity index (χ1) is 14.7. The van der Waals surface area contributed by atoms with Crippen molar-refractivity contribution in [2.24, 2.45) is 11.7 Å². The van der Waals surface area contributed by atoms with Gasteiger partial charge in [0.25, 0.3) is 0 Å². The van der Waals surface area contributed by atoms with Gasteiger partial charge in [0.15, 0.2) is 18.3 Å². The van der Waals surface area contributed by atoms with Crippen LogP contribution in [0.25, 0.3) is 10.9 Å². The molecule has 2 aromatic rings. The molecule has 1 aromatic carbocycles. The lowest BCUT2D eigenvalue weighted by atomic mass is 9.85. The summed E-state index contributed by atoms with van der Waals surface area (Å²) in [5, 5.41) is 10.3. The molecule has 0 spiro atoms. The molecule has 2 aliphatic heterocycles. The number of carbonyl (C=O) groups is 1. The Balaban J connectivity index is 1.77. The minimum atomic E-state index is -1.66. The normalized spacial score (nSPS) is 23.8. The van der Waals surface area contributed by atoms with Crippen molar-refractivity contribution < 1.29 is 23.8 Å². The maximum atomic E-state index is 15.6. The second-order valence-corrected chi connectivity index (χ2v) is 7.94. The van der Waals surface area contributed by atoms with Crippen molar-refractivity contribution in [2.45, 2.75) is 5.54 Å². The number of nitrogens with zero attached hydrogens (tertiary/aromatic N) is 3. The number of ether oxygens (including phenoxy) is 2. The number of allylic oxidation sites excluding steroid dienone is 2. The summed E-state index contributed by atoms with van der Waals surface area (Å²) in [5.41, 5.74) is 11.1. The quantitative estimate of drug-likeness (QED) is 0.471. The van der Waals surface area contributed by atoms with Gasteiger partial charge in [-0.15, -0.1) is 0 Å². The SMILES string of the molecule is CN1COc2c(N3CC4C=CC=CC4(N)C3)c(F)c(N)c3c(=O)c(OC(=O)O)cn1c23. The molecular formula is C20H20FN5O5. The zero-order valence-corrected chi connectivity index (χ0v) is 16.5. The Kier molecular flexibility index (Phi) is 3.96. The van der Waals surface area contributed by atoms with E-state index in [1.165, 1.54) is 10.9 Å². The predicted molar refractivity (Wildman–Crippen MR) is 112 cm³/mol.